The van der Waals surface area contributed by atoms with E-state index in [1.165, 1.54) is 0 Å². The molecule has 2 aliphatic rings. The smallest absolute Gasteiger partial charge is 0.229 e. The molecule has 0 aromatic heterocycles. The second-order valence-electron chi connectivity index (χ2n) is 6.21. The van der Waals surface area contributed by atoms with Crippen LogP contribution in [0.1, 0.15) is 40.0 Å². The number of hydrogen-bond donors (Lipinski definition) is 1. The van der Waals surface area contributed by atoms with E-state index < -0.39 is 0 Å². The molecule has 2 fully saturated rings. The molecule has 4 unspecified atom stereocenters. The van der Waals surface area contributed by atoms with Crippen LogP contribution in [-0.2, 0) is 9.53 Å². The van der Waals surface area contributed by atoms with E-state index in [1.807, 2.05) is 0 Å². The molecule has 4 atom stereocenters. The second kappa shape index (κ2) is 6.71. The van der Waals surface area contributed by atoms with Gasteiger partial charge in [-0.2, -0.15) is 0 Å². The fourth-order valence-corrected chi connectivity index (χ4v) is 3.28. The van der Waals surface area contributed by atoms with E-state index in [2.05, 4.69) is 31.0 Å². The summed E-state index contributed by atoms with van der Waals surface area (Å²) in [5.74, 6) is 1.06. The van der Waals surface area contributed by atoms with Gasteiger partial charge in [0.25, 0.3) is 0 Å². The van der Waals surface area contributed by atoms with Crippen LogP contribution in [0.2, 0.25) is 0 Å². The lowest BCUT2D eigenvalue weighted by Crippen LogP contribution is -2.51. The number of likely N-dealkylation sites (tertiary alicyclic amines) is 1. The number of rotatable bonds is 4. The molecule has 4 nitrogen and oxygen atoms in total. The SMILES string of the molecule is CCCNC1COCC1C(=O)N1CCC(C)CC1C. The minimum atomic E-state index is 0.0161. The predicted octanol–water partition coefficient (Wildman–Crippen LogP) is 1.65. The highest BCUT2D eigenvalue weighted by atomic mass is 16.5. The van der Waals surface area contributed by atoms with Crippen molar-refractivity contribution in [1.29, 1.82) is 0 Å². The Kier molecular flexibility index (Phi) is 5.22. The first-order valence-electron chi connectivity index (χ1n) is 7.75. The minimum absolute atomic E-state index is 0.0161. The van der Waals surface area contributed by atoms with Crippen molar-refractivity contribution in [1.82, 2.24) is 10.2 Å². The van der Waals surface area contributed by atoms with Gasteiger partial charge >= 0.3 is 0 Å². The predicted molar refractivity (Wildman–Crippen MR) is 76.0 cm³/mol. The van der Waals surface area contributed by atoms with Gasteiger partial charge in [-0.05, 0) is 38.6 Å². The first-order chi connectivity index (χ1) is 9.13. The summed E-state index contributed by atoms with van der Waals surface area (Å²) in [4.78, 5) is 14.8. The van der Waals surface area contributed by atoms with Crippen molar-refractivity contribution in [2.75, 3.05) is 26.3 Å². The highest BCUT2D eigenvalue weighted by Crippen LogP contribution is 2.26. The number of carbonyl (C=O) groups is 1. The van der Waals surface area contributed by atoms with Crippen molar-refractivity contribution in [2.45, 2.75) is 52.1 Å². The van der Waals surface area contributed by atoms with Gasteiger partial charge in [0, 0.05) is 18.6 Å². The molecular weight excluding hydrogens is 240 g/mol. The summed E-state index contributed by atoms with van der Waals surface area (Å²) in [6.07, 6.45) is 3.36. The monoisotopic (exact) mass is 268 g/mol. The Labute approximate surface area is 116 Å². The lowest BCUT2D eigenvalue weighted by Gasteiger charge is -2.38. The summed E-state index contributed by atoms with van der Waals surface area (Å²) in [6.45, 7) is 9.74. The van der Waals surface area contributed by atoms with E-state index in [4.69, 9.17) is 4.74 Å². The van der Waals surface area contributed by atoms with Crippen LogP contribution in [0.15, 0.2) is 0 Å². The molecule has 0 aromatic rings. The average molecular weight is 268 g/mol. The number of nitrogens with one attached hydrogen (secondary N) is 1. The zero-order valence-electron chi connectivity index (χ0n) is 12.5. The normalized spacial score (nSPS) is 35.6. The van der Waals surface area contributed by atoms with Crippen molar-refractivity contribution < 1.29 is 9.53 Å². The molecule has 0 saturated carbocycles. The lowest BCUT2D eigenvalue weighted by atomic mass is 9.91. The highest BCUT2D eigenvalue weighted by molar-refractivity contribution is 5.80. The van der Waals surface area contributed by atoms with E-state index in [1.54, 1.807) is 0 Å². The van der Waals surface area contributed by atoms with Crippen molar-refractivity contribution >= 4 is 5.91 Å². The van der Waals surface area contributed by atoms with E-state index in [-0.39, 0.29) is 12.0 Å². The molecule has 0 bridgehead atoms. The molecule has 1 N–H and O–H groups in total. The standard InChI is InChI=1S/C15H28N2O2/c1-4-6-16-14-10-19-9-13(14)15(18)17-7-5-11(2)8-12(17)3/h11-14,16H,4-10H2,1-3H3. The Bertz CT molecular complexity index is 309. The van der Waals surface area contributed by atoms with Crippen LogP contribution in [0.5, 0.6) is 0 Å². The fourth-order valence-electron chi connectivity index (χ4n) is 3.28. The van der Waals surface area contributed by atoms with Gasteiger partial charge in [0.15, 0.2) is 0 Å². The molecule has 110 valence electrons. The first kappa shape index (κ1) is 14.8. The minimum Gasteiger partial charge on any atom is -0.379 e. The van der Waals surface area contributed by atoms with Crippen LogP contribution in [0.4, 0.5) is 0 Å². The maximum atomic E-state index is 12.7. The topological polar surface area (TPSA) is 41.6 Å². The van der Waals surface area contributed by atoms with Gasteiger partial charge in [-0.25, -0.2) is 0 Å². The third-order valence-electron chi connectivity index (χ3n) is 4.48. The van der Waals surface area contributed by atoms with Crippen LogP contribution in [0.3, 0.4) is 0 Å². The van der Waals surface area contributed by atoms with Gasteiger partial charge in [0.1, 0.15) is 0 Å². The summed E-state index contributed by atoms with van der Waals surface area (Å²) >= 11 is 0. The van der Waals surface area contributed by atoms with Crippen molar-refractivity contribution in [3.05, 3.63) is 0 Å². The van der Waals surface area contributed by atoms with Crippen LogP contribution >= 0.6 is 0 Å². The molecule has 0 radical (unpaired) electrons. The number of nitrogens with zero attached hydrogens (tertiary/aromatic N) is 1. The number of carbonyl (C=O) groups excluding carboxylic acids is 1. The van der Waals surface area contributed by atoms with Crippen molar-refractivity contribution in [3.8, 4) is 0 Å². The van der Waals surface area contributed by atoms with Gasteiger partial charge in [0.2, 0.25) is 5.91 Å². The van der Waals surface area contributed by atoms with Crippen LogP contribution in [0.25, 0.3) is 0 Å². The summed E-state index contributed by atoms with van der Waals surface area (Å²) in [5, 5.41) is 3.45. The lowest BCUT2D eigenvalue weighted by molar-refractivity contribution is -0.140. The Morgan fingerprint density at radius 1 is 1.37 bits per heavy atom. The number of ether oxygens (including phenoxy) is 1. The van der Waals surface area contributed by atoms with Gasteiger partial charge < -0.3 is 15.0 Å². The van der Waals surface area contributed by atoms with E-state index in [0.29, 0.717) is 25.2 Å². The van der Waals surface area contributed by atoms with E-state index >= 15 is 0 Å². The Hall–Kier alpha value is -0.610. The first-order valence-corrected chi connectivity index (χ1v) is 7.75. The Morgan fingerprint density at radius 2 is 2.16 bits per heavy atom. The molecule has 2 aliphatic heterocycles. The molecule has 2 rings (SSSR count). The third kappa shape index (κ3) is 3.48. The summed E-state index contributed by atoms with van der Waals surface area (Å²) in [7, 11) is 0. The number of piperidine rings is 1. The van der Waals surface area contributed by atoms with Crippen molar-refractivity contribution in [3.63, 3.8) is 0 Å². The third-order valence-corrected chi connectivity index (χ3v) is 4.48. The molecule has 0 spiro atoms. The summed E-state index contributed by atoms with van der Waals surface area (Å²) in [5.41, 5.74) is 0. The highest BCUT2D eigenvalue weighted by Gasteiger charge is 2.38. The summed E-state index contributed by atoms with van der Waals surface area (Å²) < 4.78 is 5.53. The van der Waals surface area contributed by atoms with Crippen LogP contribution < -0.4 is 5.32 Å². The number of hydrogen-bond acceptors (Lipinski definition) is 3. The molecule has 2 heterocycles. The van der Waals surface area contributed by atoms with Gasteiger partial charge in [0.05, 0.1) is 19.1 Å². The summed E-state index contributed by atoms with van der Waals surface area (Å²) in [6, 6.07) is 0.586. The van der Waals surface area contributed by atoms with Gasteiger partial charge in [-0.15, -0.1) is 0 Å². The van der Waals surface area contributed by atoms with Gasteiger partial charge in [-0.3, -0.25) is 4.79 Å². The molecule has 1 amide bonds. The van der Waals surface area contributed by atoms with Crippen LogP contribution in [-0.4, -0.2) is 49.2 Å². The van der Waals surface area contributed by atoms with Crippen LogP contribution in [0, 0.1) is 11.8 Å². The largest absolute Gasteiger partial charge is 0.379 e. The quantitative estimate of drug-likeness (QED) is 0.843. The molecule has 2 saturated heterocycles. The Balaban J connectivity index is 1.94. The van der Waals surface area contributed by atoms with Crippen molar-refractivity contribution in [2.24, 2.45) is 11.8 Å². The fraction of sp³-hybridized carbons (Fsp3) is 0.933. The maximum Gasteiger partial charge on any atom is 0.229 e. The zero-order valence-corrected chi connectivity index (χ0v) is 12.5. The molecule has 0 aromatic carbocycles. The number of amides is 1. The van der Waals surface area contributed by atoms with Gasteiger partial charge in [-0.1, -0.05) is 13.8 Å². The Morgan fingerprint density at radius 3 is 2.84 bits per heavy atom. The second-order valence-corrected chi connectivity index (χ2v) is 6.21. The maximum absolute atomic E-state index is 12.7. The molecular formula is C15H28N2O2. The molecule has 0 aliphatic carbocycles. The van der Waals surface area contributed by atoms with E-state index in [0.717, 1.165) is 38.3 Å². The molecule has 4 heteroatoms. The average Bonchev–Trinajstić information content (AvgIpc) is 2.83. The van der Waals surface area contributed by atoms with E-state index in [9.17, 15) is 4.79 Å². The molecule has 19 heavy (non-hydrogen) atoms. The zero-order chi connectivity index (χ0) is 13.8.